The van der Waals surface area contributed by atoms with E-state index >= 15 is 0 Å². The molecule has 1 atom stereocenters. The minimum Gasteiger partial charge on any atom is -0.330 e. The van der Waals surface area contributed by atoms with Crippen molar-refractivity contribution >= 4 is 17.2 Å². The molecular weight excluding hydrogens is 358 g/mol. The molecule has 0 aliphatic carbocycles. The first-order valence-electron chi connectivity index (χ1n) is 9.23. The van der Waals surface area contributed by atoms with Gasteiger partial charge in [0, 0.05) is 36.3 Å². The molecule has 0 bridgehead atoms. The monoisotopic (exact) mass is 377 g/mol. The van der Waals surface area contributed by atoms with Gasteiger partial charge in [-0.1, -0.05) is 0 Å². The van der Waals surface area contributed by atoms with Gasteiger partial charge in [0.05, 0.1) is 17.9 Å². The number of likely N-dealkylation sites (tertiary alicyclic amines) is 1. The second-order valence-corrected chi connectivity index (χ2v) is 7.14. The van der Waals surface area contributed by atoms with E-state index < -0.39 is 0 Å². The van der Waals surface area contributed by atoms with Crippen LogP contribution in [0, 0.1) is 13.8 Å². The highest BCUT2D eigenvalue weighted by atomic mass is 16.2. The Balaban J connectivity index is 1.55. The second-order valence-electron chi connectivity index (χ2n) is 7.14. The molecule has 1 saturated heterocycles. The van der Waals surface area contributed by atoms with Crippen LogP contribution in [0.5, 0.6) is 0 Å². The standard InChI is InChI=1S/C19H19N7O2/c1-11-12(2)22-16-9-14(23-26(16)18(11)27)15-5-3-7-24(15)19(28)13-10-21-25-8-4-6-20-17(13)25/h4,6,8-10,15,23H,3,5,7H2,1-2H3. The predicted octanol–water partition coefficient (Wildman–Crippen LogP) is 1.66. The molecule has 1 aliphatic heterocycles. The van der Waals surface area contributed by atoms with Crippen molar-refractivity contribution in [3.63, 3.8) is 0 Å². The minimum absolute atomic E-state index is 0.109. The number of aryl methyl sites for hydroxylation is 1. The van der Waals surface area contributed by atoms with Gasteiger partial charge in [-0.2, -0.15) is 5.10 Å². The van der Waals surface area contributed by atoms with Gasteiger partial charge in [-0.05, 0) is 32.8 Å². The molecule has 9 nitrogen and oxygen atoms in total. The first-order valence-corrected chi connectivity index (χ1v) is 9.23. The topological polar surface area (TPSA) is 101 Å². The molecule has 5 heterocycles. The molecule has 1 N–H and O–H groups in total. The summed E-state index contributed by atoms with van der Waals surface area (Å²) in [5.74, 6) is -0.109. The number of aromatic amines is 1. The summed E-state index contributed by atoms with van der Waals surface area (Å²) in [5.41, 5.74) is 3.61. The summed E-state index contributed by atoms with van der Waals surface area (Å²) >= 11 is 0. The van der Waals surface area contributed by atoms with Gasteiger partial charge in [-0.25, -0.2) is 19.0 Å². The molecule has 1 fully saturated rings. The Morgan fingerprint density at radius 3 is 3.04 bits per heavy atom. The van der Waals surface area contributed by atoms with Gasteiger partial charge >= 0.3 is 0 Å². The number of nitrogens with zero attached hydrogens (tertiary/aromatic N) is 6. The van der Waals surface area contributed by atoms with Crippen LogP contribution in [0.25, 0.3) is 11.3 Å². The zero-order valence-electron chi connectivity index (χ0n) is 15.6. The number of amides is 1. The van der Waals surface area contributed by atoms with Crippen molar-refractivity contribution in [2.24, 2.45) is 0 Å². The highest BCUT2D eigenvalue weighted by Crippen LogP contribution is 2.33. The fourth-order valence-corrected chi connectivity index (χ4v) is 3.87. The highest BCUT2D eigenvalue weighted by Gasteiger charge is 2.33. The number of carbonyl (C=O) groups excluding carboxylic acids is 1. The molecule has 4 aromatic heterocycles. The van der Waals surface area contributed by atoms with Crippen molar-refractivity contribution in [3.05, 3.63) is 63.6 Å². The highest BCUT2D eigenvalue weighted by molar-refractivity contribution is 6.00. The number of carbonyl (C=O) groups is 1. The Morgan fingerprint density at radius 1 is 1.32 bits per heavy atom. The summed E-state index contributed by atoms with van der Waals surface area (Å²) in [6.45, 7) is 4.23. The van der Waals surface area contributed by atoms with E-state index in [1.807, 2.05) is 17.9 Å². The average molecular weight is 377 g/mol. The number of rotatable bonds is 2. The summed E-state index contributed by atoms with van der Waals surface area (Å²) in [4.78, 5) is 36.3. The summed E-state index contributed by atoms with van der Waals surface area (Å²) < 4.78 is 3.05. The summed E-state index contributed by atoms with van der Waals surface area (Å²) in [6.07, 6.45) is 6.68. The largest absolute Gasteiger partial charge is 0.330 e. The molecule has 28 heavy (non-hydrogen) atoms. The maximum atomic E-state index is 13.2. The lowest BCUT2D eigenvalue weighted by Gasteiger charge is -2.23. The fraction of sp³-hybridized carbons (Fsp3) is 0.316. The number of nitrogens with one attached hydrogen (secondary N) is 1. The van der Waals surface area contributed by atoms with Crippen LogP contribution >= 0.6 is 0 Å². The maximum Gasteiger partial charge on any atom is 0.275 e. The molecule has 0 radical (unpaired) electrons. The lowest BCUT2D eigenvalue weighted by molar-refractivity contribution is 0.0734. The number of fused-ring (bicyclic) bond motifs is 2. The van der Waals surface area contributed by atoms with Gasteiger partial charge in [0.25, 0.3) is 11.5 Å². The quantitative estimate of drug-likeness (QED) is 0.573. The SMILES string of the molecule is Cc1nc2cc(C3CCCN3C(=O)c3cnn4cccnc34)[nH]n2c(=O)c1C. The van der Waals surface area contributed by atoms with E-state index in [9.17, 15) is 9.59 Å². The first-order chi connectivity index (χ1) is 13.5. The minimum atomic E-state index is -0.145. The lowest BCUT2D eigenvalue weighted by Crippen LogP contribution is -2.31. The van der Waals surface area contributed by atoms with E-state index in [1.54, 1.807) is 36.1 Å². The molecule has 5 rings (SSSR count). The van der Waals surface area contributed by atoms with Crippen LogP contribution < -0.4 is 5.56 Å². The first kappa shape index (κ1) is 16.7. The van der Waals surface area contributed by atoms with Gasteiger partial charge in [0.1, 0.15) is 5.56 Å². The van der Waals surface area contributed by atoms with Crippen molar-refractivity contribution in [2.45, 2.75) is 32.7 Å². The van der Waals surface area contributed by atoms with Crippen LogP contribution in [0.1, 0.15) is 46.2 Å². The molecule has 9 heteroatoms. The van der Waals surface area contributed by atoms with Crippen molar-refractivity contribution in [1.82, 2.24) is 34.1 Å². The molecular formula is C19H19N7O2. The van der Waals surface area contributed by atoms with E-state index in [2.05, 4.69) is 20.2 Å². The summed E-state index contributed by atoms with van der Waals surface area (Å²) in [5, 5.41) is 7.37. The van der Waals surface area contributed by atoms with Crippen LogP contribution in [-0.2, 0) is 0 Å². The Labute approximate surface area is 159 Å². The number of aromatic nitrogens is 6. The van der Waals surface area contributed by atoms with Crippen LogP contribution in [-0.4, -0.2) is 46.5 Å². The molecule has 142 valence electrons. The van der Waals surface area contributed by atoms with Gasteiger partial charge in [-0.3, -0.25) is 14.7 Å². The van der Waals surface area contributed by atoms with E-state index in [-0.39, 0.29) is 17.5 Å². The smallest absolute Gasteiger partial charge is 0.275 e. The second kappa shape index (κ2) is 6.01. The number of hydrogen-bond acceptors (Lipinski definition) is 5. The molecule has 0 saturated carbocycles. The average Bonchev–Trinajstić information content (AvgIpc) is 3.42. The van der Waals surface area contributed by atoms with Crippen molar-refractivity contribution in [2.75, 3.05) is 6.54 Å². The molecule has 1 unspecified atom stereocenters. The van der Waals surface area contributed by atoms with Gasteiger partial charge in [-0.15, -0.1) is 0 Å². The van der Waals surface area contributed by atoms with Crippen molar-refractivity contribution in [3.8, 4) is 0 Å². The zero-order valence-corrected chi connectivity index (χ0v) is 15.6. The third kappa shape index (κ3) is 2.35. The summed E-state index contributed by atoms with van der Waals surface area (Å²) in [7, 11) is 0. The fourth-order valence-electron chi connectivity index (χ4n) is 3.87. The Hall–Kier alpha value is -3.49. The van der Waals surface area contributed by atoms with E-state index in [0.717, 1.165) is 18.5 Å². The van der Waals surface area contributed by atoms with E-state index in [1.165, 1.54) is 4.52 Å². The predicted molar refractivity (Wildman–Crippen MR) is 101 cm³/mol. The van der Waals surface area contributed by atoms with Crippen LogP contribution in [0.15, 0.2) is 35.5 Å². The Morgan fingerprint density at radius 2 is 2.18 bits per heavy atom. The third-order valence-corrected chi connectivity index (χ3v) is 5.49. The maximum absolute atomic E-state index is 13.2. The Kier molecular flexibility index (Phi) is 3.58. The summed E-state index contributed by atoms with van der Waals surface area (Å²) in [6, 6.07) is 3.48. The number of hydrogen-bond donors (Lipinski definition) is 1. The normalized spacial score (nSPS) is 17.1. The van der Waals surface area contributed by atoms with Gasteiger partial charge in [0.15, 0.2) is 11.3 Å². The van der Waals surface area contributed by atoms with Crippen LogP contribution in [0.3, 0.4) is 0 Å². The Bertz CT molecular complexity index is 1280. The molecule has 1 amide bonds. The van der Waals surface area contributed by atoms with E-state index in [0.29, 0.717) is 34.7 Å². The van der Waals surface area contributed by atoms with Crippen LogP contribution in [0.2, 0.25) is 0 Å². The molecule has 1 aliphatic rings. The zero-order chi connectivity index (χ0) is 19.4. The molecule has 0 spiro atoms. The lowest BCUT2D eigenvalue weighted by atomic mass is 10.1. The van der Waals surface area contributed by atoms with Gasteiger partial charge < -0.3 is 4.90 Å². The van der Waals surface area contributed by atoms with Crippen LogP contribution in [0.4, 0.5) is 0 Å². The molecule has 0 aromatic carbocycles. The number of H-pyrrole nitrogens is 1. The van der Waals surface area contributed by atoms with E-state index in [4.69, 9.17) is 0 Å². The molecule has 4 aromatic rings. The van der Waals surface area contributed by atoms with Crippen molar-refractivity contribution < 1.29 is 4.79 Å². The van der Waals surface area contributed by atoms with Gasteiger partial charge in [0.2, 0.25) is 0 Å². The third-order valence-electron chi connectivity index (χ3n) is 5.49. The van der Waals surface area contributed by atoms with Crippen molar-refractivity contribution in [1.29, 1.82) is 0 Å².